The van der Waals surface area contributed by atoms with Crippen LogP contribution < -0.4 is 5.32 Å². The SMILES string of the molecule is O=C(O)C1CCCN(C(=O)Nc2ccc(-c3ccccc3)nn2)C1. The van der Waals surface area contributed by atoms with Gasteiger partial charge in [-0.25, -0.2) is 4.79 Å². The van der Waals surface area contributed by atoms with Crippen molar-refractivity contribution in [3.63, 3.8) is 0 Å². The van der Waals surface area contributed by atoms with Gasteiger partial charge < -0.3 is 10.0 Å². The van der Waals surface area contributed by atoms with E-state index in [1.807, 2.05) is 30.3 Å². The number of benzene rings is 1. The Morgan fingerprint density at radius 1 is 1.12 bits per heavy atom. The first kappa shape index (κ1) is 15.9. The van der Waals surface area contributed by atoms with Crippen LogP contribution >= 0.6 is 0 Å². The summed E-state index contributed by atoms with van der Waals surface area (Å²) in [6.07, 6.45) is 1.29. The Labute approximate surface area is 139 Å². The van der Waals surface area contributed by atoms with E-state index in [1.165, 1.54) is 4.90 Å². The number of hydrogen-bond acceptors (Lipinski definition) is 4. The molecule has 2 N–H and O–H groups in total. The maximum Gasteiger partial charge on any atom is 0.323 e. The molecule has 0 spiro atoms. The highest BCUT2D eigenvalue weighted by molar-refractivity contribution is 5.88. The standard InChI is InChI=1S/C17H18N4O3/c22-16(23)13-7-4-10-21(11-13)17(24)18-15-9-8-14(19-20-15)12-5-2-1-3-6-12/h1-3,5-6,8-9,13H,4,7,10-11H2,(H,22,23)(H,18,20,24). The van der Waals surface area contributed by atoms with Crippen LogP contribution in [0.25, 0.3) is 11.3 Å². The van der Waals surface area contributed by atoms with Gasteiger partial charge in [-0.3, -0.25) is 10.1 Å². The topological polar surface area (TPSA) is 95.4 Å². The number of carboxylic acids is 1. The Kier molecular flexibility index (Phi) is 4.69. The van der Waals surface area contributed by atoms with E-state index in [0.717, 1.165) is 11.3 Å². The average molecular weight is 326 g/mol. The highest BCUT2D eigenvalue weighted by Crippen LogP contribution is 2.19. The first-order valence-electron chi connectivity index (χ1n) is 7.81. The summed E-state index contributed by atoms with van der Waals surface area (Å²) in [6, 6.07) is 12.8. The maximum absolute atomic E-state index is 12.2. The summed E-state index contributed by atoms with van der Waals surface area (Å²) in [6.45, 7) is 0.766. The molecule has 1 aliphatic heterocycles. The third kappa shape index (κ3) is 3.68. The lowest BCUT2D eigenvalue weighted by Crippen LogP contribution is -2.44. The molecule has 2 heterocycles. The van der Waals surface area contributed by atoms with Crippen molar-refractivity contribution >= 4 is 17.8 Å². The van der Waals surface area contributed by atoms with Gasteiger partial charge in [0.05, 0.1) is 11.6 Å². The summed E-state index contributed by atoms with van der Waals surface area (Å²) in [5.41, 5.74) is 1.67. The van der Waals surface area contributed by atoms with Crippen LogP contribution in [0.5, 0.6) is 0 Å². The van der Waals surface area contributed by atoms with Gasteiger partial charge in [-0.2, -0.15) is 0 Å². The molecule has 7 heteroatoms. The number of hydrogen-bond donors (Lipinski definition) is 2. The molecule has 2 aromatic rings. The number of nitrogens with zero attached hydrogens (tertiary/aromatic N) is 3. The van der Waals surface area contributed by atoms with Gasteiger partial charge in [0.15, 0.2) is 5.82 Å². The second kappa shape index (κ2) is 7.08. The molecule has 24 heavy (non-hydrogen) atoms. The van der Waals surface area contributed by atoms with E-state index >= 15 is 0 Å². The summed E-state index contributed by atoms with van der Waals surface area (Å²) in [4.78, 5) is 24.8. The van der Waals surface area contributed by atoms with Crippen molar-refractivity contribution in [1.29, 1.82) is 0 Å². The van der Waals surface area contributed by atoms with Crippen LogP contribution in [-0.4, -0.2) is 45.3 Å². The first-order valence-corrected chi connectivity index (χ1v) is 7.81. The Morgan fingerprint density at radius 3 is 2.58 bits per heavy atom. The van der Waals surface area contributed by atoms with Crippen LogP contribution in [0.1, 0.15) is 12.8 Å². The highest BCUT2D eigenvalue weighted by atomic mass is 16.4. The number of carboxylic acid groups (broad SMARTS) is 1. The molecule has 0 bridgehead atoms. The Hall–Kier alpha value is -2.96. The fourth-order valence-corrected chi connectivity index (χ4v) is 2.71. The monoisotopic (exact) mass is 326 g/mol. The van der Waals surface area contributed by atoms with Crippen LogP contribution in [0, 0.1) is 5.92 Å². The van der Waals surface area contributed by atoms with E-state index in [9.17, 15) is 9.59 Å². The zero-order valence-electron chi connectivity index (χ0n) is 13.1. The van der Waals surface area contributed by atoms with Crippen molar-refractivity contribution < 1.29 is 14.7 Å². The number of likely N-dealkylation sites (tertiary alicyclic amines) is 1. The molecule has 1 aromatic heterocycles. The molecular formula is C17H18N4O3. The summed E-state index contributed by atoms with van der Waals surface area (Å²) in [7, 11) is 0. The summed E-state index contributed by atoms with van der Waals surface area (Å²) in [5.74, 6) is -1.02. The molecule has 1 aromatic carbocycles. The number of aliphatic carboxylic acids is 1. The molecule has 3 rings (SSSR count). The fourth-order valence-electron chi connectivity index (χ4n) is 2.71. The molecule has 1 atom stereocenters. The molecule has 0 saturated carbocycles. The summed E-state index contributed by atoms with van der Waals surface area (Å²) in [5, 5.41) is 19.9. The Bertz CT molecular complexity index is 718. The third-order valence-electron chi connectivity index (χ3n) is 4.03. The largest absolute Gasteiger partial charge is 0.481 e. The van der Waals surface area contributed by atoms with Crippen LogP contribution in [-0.2, 0) is 4.79 Å². The van der Waals surface area contributed by atoms with Crippen molar-refractivity contribution in [1.82, 2.24) is 15.1 Å². The van der Waals surface area contributed by atoms with E-state index in [0.29, 0.717) is 25.2 Å². The van der Waals surface area contributed by atoms with Gasteiger partial charge in [-0.1, -0.05) is 30.3 Å². The van der Waals surface area contributed by atoms with Gasteiger partial charge in [0.2, 0.25) is 0 Å². The number of nitrogens with one attached hydrogen (secondary N) is 1. The molecule has 0 radical (unpaired) electrons. The van der Waals surface area contributed by atoms with Crippen molar-refractivity contribution in [2.45, 2.75) is 12.8 Å². The van der Waals surface area contributed by atoms with Crippen LogP contribution in [0.2, 0.25) is 0 Å². The Morgan fingerprint density at radius 2 is 1.92 bits per heavy atom. The van der Waals surface area contributed by atoms with Gasteiger partial charge in [0.1, 0.15) is 0 Å². The first-order chi connectivity index (χ1) is 11.6. The number of carbonyl (C=O) groups is 2. The predicted octanol–water partition coefficient (Wildman–Crippen LogP) is 2.47. The Balaban J connectivity index is 1.63. The van der Waals surface area contributed by atoms with E-state index < -0.39 is 11.9 Å². The normalized spacial score (nSPS) is 17.3. The number of rotatable bonds is 3. The van der Waals surface area contributed by atoms with Crippen molar-refractivity contribution in [2.75, 3.05) is 18.4 Å². The molecule has 1 fully saturated rings. The fraction of sp³-hybridized carbons (Fsp3) is 0.294. The molecule has 124 valence electrons. The molecule has 1 unspecified atom stereocenters. The summed E-state index contributed by atoms with van der Waals surface area (Å²) < 4.78 is 0. The predicted molar refractivity (Wildman–Crippen MR) is 88.4 cm³/mol. The number of carbonyl (C=O) groups excluding carboxylic acids is 1. The highest BCUT2D eigenvalue weighted by Gasteiger charge is 2.28. The molecule has 1 aliphatic rings. The van der Waals surface area contributed by atoms with Crippen molar-refractivity contribution in [3.05, 3.63) is 42.5 Å². The molecule has 0 aliphatic carbocycles. The zero-order chi connectivity index (χ0) is 16.9. The van der Waals surface area contributed by atoms with Gasteiger partial charge in [-0.15, -0.1) is 10.2 Å². The second-order valence-corrected chi connectivity index (χ2v) is 5.72. The molecular weight excluding hydrogens is 308 g/mol. The van der Waals surface area contributed by atoms with Crippen LogP contribution in [0.15, 0.2) is 42.5 Å². The number of aromatic nitrogens is 2. The minimum atomic E-state index is -0.862. The van der Waals surface area contributed by atoms with Gasteiger partial charge in [-0.05, 0) is 25.0 Å². The summed E-state index contributed by atoms with van der Waals surface area (Å²) >= 11 is 0. The number of piperidine rings is 1. The lowest BCUT2D eigenvalue weighted by molar-refractivity contribution is -0.143. The van der Waals surface area contributed by atoms with Crippen LogP contribution in [0.3, 0.4) is 0 Å². The van der Waals surface area contributed by atoms with Crippen molar-refractivity contribution in [2.24, 2.45) is 5.92 Å². The van der Waals surface area contributed by atoms with Gasteiger partial charge in [0, 0.05) is 18.7 Å². The maximum atomic E-state index is 12.2. The lowest BCUT2D eigenvalue weighted by atomic mass is 9.99. The lowest BCUT2D eigenvalue weighted by Gasteiger charge is -2.30. The average Bonchev–Trinajstić information content (AvgIpc) is 2.63. The molecule has 1 saturated heterocycles. The quantitative estimate of drug-likeness (QED) is 0.903. The zero-order valence-corrected chi connectivity index (χ0v) is 13.1. The second-order valence-electron chi connectivity index (χ2n) is 5.72. The smallest absolute Gasteiger partial charge is 0.323 e. The number of urea groups is 1. The minimum Gasteiger partial charge on any atom is -0.481 e. The number of anilines is 1. The van der Waals surface area contributed by atoms with Crippen LogP contribution in [0.4, 0.5) is 10.6 Å². The number of amides is 2. The molecule has 7 nitrogen and oxygen atoms in total. The van der Waals surface area contributed by atoms with Crippen molar-refractivity contribution in [3.8, 4) is 11.3 Å². The van der Waals surface area contributed by atoms with Gasteiger partial charge >= 0.3 is 12.0 Å². The van der Waals surface area contributed by atoms with Gasteiger partial charge in [0.25, 0.3) is 0 Å². The third-order valence-corrected chi connectivity index (χ3v) is 4.03. The molecule has 2 amide bonds. The van der Waals surface area contributed by atoms with E-state index in [4.69, 9.17) is 5.11 Å². The van der Waals surface area contributed by atoms with E-state index in [-0.39, 0.29) is 12.6 Å². The minimum absolute atomic E-state index is 0.219. The van der Waals surface area contributed by atoms with E-state index in [2.05, 4.69) is 15.5 Å². The van der Waals surface area contributed by atoms with E-state index in [1.54, 1.807) is 12.1 Å².